The molecule has 3 N–H and O–H groups in total. The minimum Gasteiger partial charge on any atom is -0.462 e. The van der Waals surface area contributed by atoms with Crippen molar-refractivity contribution in [1.82, 2.24) is 0 Å². The van der Waals surface area contributed by atoms with Crippen molar-refractivity contribution < 1.29 is 80.2 Å². The van der Waals surface area contributed by atoms with Crippen LogP contribution in [-0.4, -0.2) is 96.7 Å². The molecule has 0 aliphatic carbocycles. The molecule has 0 aromatic heterocycles. The van der Waals surface area contributed by atoms with Crippen molar-refractivity contribution in [2.45, 2.75) is 433 Å². The van der Waals surface area contributed by atoms with Gasteiger partial charge in [-0.25, -0.2) is 9.13 Å². The minimum absolute atomic E-state index is 0.106. The van der Waals surface area contributed by atoms with Crippen molar-refractivity contribution in [3.8, 4) is 0 Å². The van der Waals surface area contributed by atoms with E-state index in [4.69, 9.17) is 37.0 Å². The van der Waals surface area contributed by atoms with Crippen LogP contribution in [0.4, 0.5) is 0 Å². The van der Waals surface area contributed by atoms with Crippen LogP contribution in [-0.2, 0) is 65.4 Å². The van der Waals surface area contributed by atoms with Gasteiger partial charge in [0.2, 0.25) is 0 Å². The lowest BCUT2D eigenvalue weighted by Gasteiger charge is -2.21. The molecule has 0 saturated heterocycles. The Hall–Kier alpha value is -1.94. The highest BCUT2D eigenvalue weighted by Gasteiger charge is 2.30. The number of esters is 4. The van der Waals surface area contributed by atoms with Crippen LogP contribution in [0.5, 0.6) is 0 Å². The van der Waals surface area contributed by atoms with Gasteiger partial charge in [0.05, 0.1) is 26.4 Å². The van der Waals surface area contributed by atoms with E-state index in [0.29, 0.717) is 31.6 Å². The first-order valence-electron chi connectivity index (χ1n) is 41.7. The molecule has 0 aromatic rings. The molecule has 0 aliphatic rings. The van der Waals surface area contributed by atoms with Crippen LogP contribution < -0.4 is 0 Å². The number of aliphatic hydroxyl groups excluding tert-OH is 1. The van der Waals surface area contributed by atoms with Crippen LogP contribution in [0, 0.1) is 23.7 Å². The second-order valence-electron chi connectivity index (χ2n) is 31.1. The van der Waals surface area contributed by atoms with Crippen LogP contribution in [0.3, 0.4) is 0 Å². The lowest BCUT2D eigenvalue weighted by atomic mass is 10.0. The number of hydrogen-bond acceptors (Lipinski definition) is 15. The molecule has 0 saturated carbocycles. The monoisotopic (exact) mass is 1470 g/mol. The number of carbonyl (C=O) groups is 4. The zero-order valence-corrected chi connectivity index (χ0v) is 67.6. The Morgan fingerprint density at radius 3 is 0.620 bits per heavy atom. The number of unbranched alkanes of at least 4 members (excludes halogenated alkanes) is 44. The van der Waals surface area contributed by atoms with Crippen LogP contribution in [0.25, 0.3) is 0 Å². The number of carbonyl (C=O) groups excluding carboxylic acids is 4. The first-order chi connectivity index (χ1) is 48.1. The summed E-state index contributed by atoms with van der Waals surface area (Å²) in [5, 5.41) is 10.6. The van der Waals surface area contributed by atoms with E-state index in [1.54, 1.807) is 0 Å². The van der Waals surface area contributed by atoms with Gasteiger partial charge in [0.15, 0.2) is 12.2 Å². The molecule has 0 spiro atoms. The fourth-order valence-corrected chi connectivity index (χ4v) is 14.0. The van der Waals surface area contributed by atoms with E-state index in [9.17, 15) is 43.2 Å². The summed E-state index contributed by atoms with van der Waals surface area (Å²) in [5.41, 5.74) is 0. The van der Waals surface area contributed by atoms with E-state index in [0.717, 1.165) is 114 Å². The molecule has 17 nitrogen and oxygen atoms in total. The molecule has 5 atom stereocenters. The maximum atomic E-state index is 13.1. The summed E-state index contributed by atoms with van der Waals surface area (Å²) >= 11 is 0. The van der Waals surface area contributed by atoms with Gasteiger partial charge in [-0.05, 0) is 49.4 Å². The third-order valence-corrected chi connectivity index (χ3v) is 20.7. The lowest BCUT2D eigenvalue weighted by molar-refractivity contribution is -0.161. The van der Waals surface area contributed by atoms with E-state index in [1.807, 2.05) is 0 Å². The molecular formula is C81H158O17P2. The molecule has 0 amide bonds. The number of aliphatic hydroxyl groups is 1. The van der Waals surface area contributed by atoms with Gasteiger partial charge in [0.25, 0.3) is 0 Å². The summed E-state index contributed by atoms with van der Waals surface area (Å²) in [4.78, 5) is 73.0. The number of phosphoric ester groups is 2. The number of ether oxygens (including phenoxy) is 4. The average Bonchev–Trinajstić information content (AvgIpc) is 2.22. The van der Waals surface area contributed by atoms with E-state index in [1.165, 1.54) is 212 Å². The fourth-order valence-electron chi connectivity index (χ4n) is 12.4. The number of hydrogen-bond donors (Lipinski definition) is 3. The van der Waals surface area contributed by atoms with E-state index < -0.39 is 97.5 Å². The maximum Gasteiger partial charge on any atom is 0.472 e. The van der Waals surface area contributed by atoms with Crippen LogP contribution in [0.1, 0.15) is 415 Å². The summed E-state index contributed by atoms with van der Waals surface area (Å²) in [5.74, 6) is 0.965. The first kappa shape index (κ1) is 98.1. The van der Waals surface area contributed by atoms with Crippen LogP contribution in [0.2, 0.25) is 0 Å². The summed E-state index contributed by atoms with van der Waals surface area (Å²) in [6.45, 7) is 14.2. The summed E-state index contributed by atoms with van der Waals surface area (Å²) in [6.07, 6.45) is 57.0. The van der Waals surface area contributed by atoms with Gasteiger partial charge in [-0.15, -0.1) is 0 Å². The second-order valence-corrected chi connectivity index (χ2v) is 34.0. The summed E-state index contributed by atoms with van der Waals surface area (Å²) in [7, 11) is -9.92. The molecule has 3 unspecified atom stereocenters. The minimum atomic E-state index is -4.96. The summed E-state index contributed by atoms with van der Waals surface area (Å²) in [6, 6.07) is 0. The average molecular weight is 1470 g/mol. The Morgan fingerprint density at radius 2 is 0.420 bits per heavy atom. The van der Waals surface area contributed by atoms with Gasteiger partial charge in [-0.3, -0.25) is 37.3 Å². The van der Waals surface area contributed by atoms with Crippen molar-refractivity contribution in [1.29, 1.82) is 0 Å². The molecular weight excluding hydrogens is 1310 g/mol. The van der Waals surface area contributed by atoms with Crippen molar-refractivity contribution in [2.24, 2.45) is 23.7 Å². The van der Waals surface area contributed by atoms with Crippen LogP contribution >= 0.6 is 15.6 Å². The van der Waals surface area contributed by atoms with Gasteiger partial charge < -0.3 is 33.8 Å². The number of phosphoric acid groups is 2. The third kappa shape index (κ3) is 74.3. The van der Waals surface area contributed by atoms with E-state index >= 15 is 0 Å². The molecule has 594 valence electrons. The zero-order chi connectivity index (χ0) is 73.8. The molecule has 0 bridgehead atoms. The van der Waals surface area contributed by atoms with Crippen molar-refractivity contribution >= 4 is 39.5 Å². The Kier molecular flexibility index (Phi) is 68.7. The molecule has 0 heterocycles. The second kappa shape index (κ2) is 70.1. The zero-order valence-electron chi connectivity index (χ0n) is 65.8. The SMILES string of the molecule is CC(C)CCCCCCCCCCCCCCCCCC(=O)OC[C@H](COP(=O)(O)OCC(O)COP(=O)(O)OC[C@@H](COC(=O)CCCCCCCCCC(C)C)OC(=O)CCCCCCCCCCCCCCCCCC(C)C)OC(=O)CCCCCCCCCCCCCC(C)C. The normalized spacial score (nSPS) is 14.0. The highest BCUT2D eigenvalue weighted by atomic mass is 31.2. The van der Waals surface area contributed by atoms with Crippen LogP contribution in [0.15, 0.2) is 0 Å². The fraction of sp³-hybridized carbons (Fsp3) is 0.951. The smallest absolute Gasteiger partial charge is 0.462 e. The Balaban J connectivity index is 5.22. The largest absolute Gasteiger partial charge is 0.472 e. The maximum absolute atomic E-state index is 13.1. The Labute approximate surface area is 613 Å². The summed E-state index contributed by atoms with van der Waals surface area (Å²) < 4.78 is 68.7. The van der Waals surface area contributed by atoms with Crippen molar-refractivity contribution in [3.63, 3.8) is 0 Å². The van der Waals surface area contributed by atoms with Gasteiger partial charge in [0, 0.05) is 25.7 Å². The highest BCUT2D eigenvalue weighted by Crippen LogP contribution is 2.45. The van der Waals surface area contributed by atoms with Gasteiger partial charge in [0.1, 0.15) is 19.3 Å². The van der Waals surface area contributed by atoms with Crippen molar-refractivity contribution in [3.05, 3.63) is 0 Å². The quantitative estimate of drug-likeness (QED) is 0.0222. The van der Waals surface area contributed by atoms with Gasteiger partial charge in [-0.2, -0.15) is 0 Å². The molecule has 0 rings (SSSR count). The predicted octanol–water partition coefficient (Wildman–Crippen LogP) is 24.0. The van der Waals surface area contributed by atoms with Gasteiger partial charge in [-0.1, -0.05) is 364 Å². The molecule has 19 heteroatoms. The van der Waals surface area contributed by atoms with E-state index in [-0.39, 0.29) is 25.7 Å². The molecule has 0 radical (unpaired) electrons. The van der Waals surface area contributed by atoms with Gasteiger partial charge >= 0.3 is 39.5 Å². The first-order valence-corrected chi connectivity index (χ1v) is 44.7. The molecule has 0 aliphatic heterocycles. The molecule has 0 aromatic carbocycles. The highest BCUT2D eigenvalue weighted by molar-refractivity contribution is 7.47. The number of rotatable bonds is 78. The van der Waals surface area contributed by atoms with Crippen molar-refractivity contribution in [2.75, 3.05) is 39.6 Å². The molecule has 100 heavy (non-hydrogen) atoms. The Morgan fingerprint density at radius 1 is 0.250 bits per heavy atom. The Bertz CT molecular complexity index is 1950. The predicted molar refractivity (Wildman–Crippen MR) is 409 cm³/mol. The molecule has 0 fully saturated rings. The lowest BCUT2D eigenvalue weighted by Crippen LogP contribution is -2.30. The topological polar surface area (TPSA) is 237 Å². The standard InChI is InChI=1S/C81H158O17P2/c1-71(2)57-49-41-33-26-20-15-11-9-13-17-23-29-37-45-53-61-78(83)91-67-76(97-81(86)64-56-48-39-31-25-19-22-28-35-43-51-59-73(5)6)69-95-99(87,88)93-65-75(82)66-94-100(89,90)96-70-77(68-92-79(84)62-54-46-40-32-36-44-52-60-74(7)8)98-80(85)63-55-47-38-30-24-18-14-10-12-16-21-27-34-42-50-58-72(3)4/h71-77,82H,9-70H2,1-8H3,(H,87,88)(H,89,90)/t75?,76-,77-/m1/s1. The van der Waals surface area contributed by atoms with E-state index in [2.05, 4.69) is 55.4 Å². The third-order valence-electron chi connectivity index (χ3n) is 18.8.